The fraction of sp³-hybridized carbons (Fsp3) is 1.00. The van der Waals surface area contributed by atoms with Crippen molar-refractivity contribution >= 4 is 0 Å². The zero-order chi connectivity index (χ0) is 12.1. The van der Waals surface area contributed by atoms with Crippen molar-refractivity contribution in [1.82, 2.24) is 10.2 Å². The van der Waals surface area contributed by atoms with Gasteiger partial charge in [0.05, 0.1) is 0 Å². The molecule has 1 saturated heterocycles. The van der Waals surface area contributed by atoms with Crippen molar-refractivity contribution in [3.05, 3.63) is 0 Å². The molecule has 2 unspecified atom stereocenters. The highest BCUT2D eigenvalue weighted by Gasteiger charge is 2.25. The lowest BCUT2D eigenvalue weighted by molar-refractivity contribution is 0.187. The SMILES string of the molecule is CC(C)C1CCCC(N2CCCNCC2)CC1. The van der Waals surface area contributed by atoms with E-state index in [2.05, 4.69) is 24.1 Å². The van der Waals surface area contributed by atoms with Crippen LogP contribution in [0.4, 0.5) is 0 Å². The van der Waals surface area contributed by atoms with Crippen LogP contribution < -0.4 is 5.32 Å². The third-order valence-electron chi connectivity index (χ3n) is 4.82. The normalized spacial score (nSPS) is 33.4. The summed E-state index contributed by atoms with van der Waals surface area (Å²) in [6, 6.07) is 0.888. The average Bonchev–Trinajstić information content (AvgIpc) is 2.71. The largest absolute Gasteiger partial charge is 0.315 e. The Labute approximate surface area is 107 Å². The molecule has 1 aliphatic carbocycles. The molecule has 17 heavy (non-hydrogen) atoms. The summed E-state index contributed by atoms with van der Waals surface area (Å²) in [6.07, 6.45) is 8.63. The number of rotatable bonds is 2. The van der Waals surface area contributed by atoms with Gasteiger partial charge >= 0.3 is 0 Å². The van der Waals surface area contributed by atoms with Crippen molar-refractivity contribution in [1.29, 1.82) is 0 Å². The summed E-state index contributed by atoms with van der Waals surface area (Å²) in [6.45, 7) is 9.82. The van der Waals surface area contributed by atoms with Gasteiger partial charge in [0.2, 0.25) is 0 Å². The van der Waals surface area contributed by atoms with Crippen molar-refractivity contribution in [2.45, 2.75) is 58.4 Å². The third kappa shape index (κ3) is 3.96. The Balaban J connectivity index is 1.84. The lowest BCUT2D eigenvalue weighted by Crippen LogP contribution is -2.37. The zero-order valence-electron chi connectivity index (χ0n) is 11.8. The summed E-state index contributed by atoms with van der Waals surface area (Å²) >= 11 is 0. The Hall–Kier alpha value is -0.0800. The first-order valence-electron chi connectivity index (χ1n) is 7.72. The van der Waals surface area contributed by atoms with E-state index in [9.17, 15) is 0 Å². The van der Waals surface area contributed by atoms with Crippen molar-refractivity contribution in [3.63, 3.8) is 0 Å². The highest BCUT2D eigenvalue weighted by molar-refractivity contribution is 4.80. The molecule has 1 aliphatic heterocycles. The first-order chi connectivity index (χ1) is 8.27. The van der Waals surface area contributed by atoms with Crippen LogP contribution in [-0.2, 0) is 0 Å². The molecule has 2 rings (SSSR count). The van der Waals surface area contributed by atoms with Crippen LogP contribution in [0.3, 0.4) is 0 Å². The molecule has 0 bridgehead atoms. The first kappa shape index (κ1) is 13.4. The van der Waals surface area contributed by atoms with Gasteiger partial charge in [-0.1, -0.05) is 26.7 Å². The first-order valence-corrected chi connectivity index (χ1v) is 7.72. The fourth-order valence-electron chi connectivity index (χ4n) is 3.57. The van der Waals surface area contributed by atoms with Crippen LogP contribution in [0.1, 0.15) is 52.4 Å². The maximum atomic E-state index is 3.52. The maximum absolute atomic E-state index is 3.52. The van der Waals surface area contributed by atoms with Crippen LogP contribution >= 0.6 is 0 Å². The van der Waals surface area contributed by atoms with E-state index in [4.69, 9.17) is 0 Å². The van der Waals surface area contributed by atoms with Gasteiger partial charge in [-0.05, 0) is 50.6 Å². The third-order valence-corrected chi connectivity index (χ3v) is 4.82. The molecule has 0 spiro atoms. The van der Waals surface area contributed by atoms with E-state index in [-0.39, 0.29) is 0 Å². The summed E-state index contributed by atoms with van der Waals surface area (Å²) in [5.41, 5.74) is 0. The van der Waals surface area contributed by atoms with E-state index < -0.39 is 0 Å². The van der Waals surface area contributed by atoms with Gasteiger partial charge in [0.15, 0.2) is 0 Å². The number of hydrogen-bond acceptors (Lipinski definition) is 2. The van der Waals surface area contributed by atoms with Gasteiger partial charge in [0, 0.05) is 19.1 Å². The molecule has 1 heterocycles. The molecule has 2 heteroatoms. The second kappa shape index (κ2) is 6.75. The van der Waals surface area contributed by atoms with Crippen LogP contribution in [0.25, 0.3) is 0 Å². The summed E-state index contributed by atoms with van der Waals surface area (Å²) in [5, 5.41) is 3.52. The van der Waals surface area contributed by atoms with Crippen LogP contribution in [0.15, 0.2) is 0 Å². The highest BCUT2D eigenvalue weighted by atomic mass is 15.2. The Morgan fingerprint density at radius 1 is 0.941 bits per heavy atom. The van der Waals surface area contributed by atoms with Crippen LogP contribution in [0.5, 0.6) is 0 Å². The summed E-state index contributed by atoms with van der Waals surface area (Å²) in [7, 11) is 0. The molecule has 1 saturated carbocycles. The highest BCUT2D eigenvalue weighted by Crippen LogP contribution is 2.30. The predicted octanol–water partition coefficient (Wildman–Crippen LogP) is 2.89. The number of nitrogens with zero attached hydrogens (tertiary/aromatic N) is 1. The van der Waals surface area contributed by atoms with Gasteiger partial charge in [-0.2, -0.15) is 0 Å². The quantitative estimate of drug-likeness (QED) is 0.744. The zero-order valence-corrected chi connectivity index (χ0v) is 11.8. The van der Waals surface area contributed by atoms with E-state index >= 15 is 0 Å². The molecule has 2 fully saturated rings. The molecule has 2 atom stereocenters. The minimum absolute atomic E-state index is 0.888. The lowest BCUT2D eigenvalue weighted by Gasteiger charge is -2.29. The number of nitrogens with one attached hydrogen (secondary N) is 1. The monoisotopic (exact) mass is 238 g/mol. The molecular formula is C15H30N2. The molecule has 0 aromatic rings. The summed E-state index contributed by atoms with van der Waals surface area (Å²) in [4.78, 5) is 2.77. The van der Waals surface area contributed by atoms with Crippen molar-refractivity contribution < 1.29 is 0 Å². The molecule has 0 radical (unpaired) electrons. The number of hydrogen-bond donors (Lipinski definition) is 1. The Morgan fingerprint density at radius 3 is 2.65 bits per heavy atom. The van der Waals surface area contributed by atoms with Gasteiger partial charge in [-0.25, -0.2) is 0 Å². The van der Waals surface area contributed by atoms with Gasteiger partial charge in [0.25, 0.3) is 0 Å². The average molecular weight is 238 g/mol. The summed E-state index contributed by atoms with van der Waals surface area (Å²) in [5.74, 6) is 1.88. The molecule has 2 aliphatic rings. The van der Waals surface area contributed by atoms with E-state index in [0.29, 0.717) is 0 Å². The Bertz CT molecular complexity index is 207. The van der Waals surface area contributed by atoms with Crippen LogP contribution in [0, 0.1) is 11.8 Å². The molecule has 100 valence electrons. The Morgan fingerprint density at radius 2 is 1.82 bits per heavy atom. The van der Waals surface area contributed by atoms with E-state index in [0.717, 1.165) is 17.9 Å². The lowest BCUT2D eigenvalue weighted by atomic mass is 9.89. The molecule has 0 aromatic carbocycles. The van der Waals surface area contributed by atoms with Gasteiger partial charge in [0.1, 0.15) is 0 Å². The van der Waals surface area contributed by atoms with Gasteiger partial charge < -0.3 is 5.32 Å². The second-order valence-electron chi connectivity index (χ2n) is 6.31. The minimum Gasteiger partial charge on any atom is -0.315 e. The maximum Gasteiger partial charge on any atom is 0.0110 e. The van der Waals surface area contributed by atoms with Crippen molar-refractivity contribution in [3.8, 4) is 0 Å². The smallest absolute Gasteiger partial charge is 0.0110 e. The van der Waals surface area contributed by atoms with E-state index in [1.807, 2.05) is 0 Å². The Kier molecular flexibility index (Phi) is 5.30. The van der Waals surface area contributed by atoms with E-state index in [1.54, 1.807) is 0 Å². The molecular weight excluding hydrogens is 208 g/mol. The van der Waals surface area contributed by atoms with Crippen LogP contribution in [0.2, 0.25) is 0 Å². The van der Waals surface area contributed by atoms with E-state index in [1.165, 1.54) is 64.7 Å². The van der Waals surface area contributed by atoms with Gasteiger partial charge in [-0.3, -0.25) is 4.90 Å². The molecule has 0 amide bonds. The van der Waals surface area contributed by atoms with Gasteiger partial charge in [-0.15, -0.1) is 0 Å². The van der Waals surface area contributed by atoms with Crippen LogP contribution in [-0.4, -0.2) is 37.1 Å². The topological polar surface area (TPSA) is 15.3 Å². The fourth-order valence-corrected chi connectivity index (χ4v) is 3.57. The molecule has 0 aromatic heterocycles. The summed E-state index contributed by atoms with van der Waals surface area (Å²) < 4.78 is 0. The minimum atomic E-state index is 0.888. The van der Waals surface area contributed by atoms with Crippen molar-refractivity contribution in [2.24, 2.45) is 11.8 Å². The second-order valence-corrected chi connectivity index (χ2v) is 6.31. The molecule has 1 N–H and O–H groups in total. The van der Waals surface area contributed by atoms with Crippen molar-refractivity contribution in [2.75, 3.05) is 26.2 Å². The predicted molar refractivity (Wildman–Crippen MR) is 74.3 cm³/mol. The standard InChI is InChI=1S/C15H30N2/c1-13(2)14-5-3-6-15(8-7-14)17-11-4-9-16-10-12-17/h13-16H,3-12H2,1-2H3. The molecule has 2 nitrogen and oxygen atoms in total.